The van der Waals surface area contributed by atoms with Crippen molar-refractivity contribution in [3.8, 4) is 5.69 Å². The molecule has 1 N–H and O–H groups in total. The summed E-state index contributed by atoms with van der Waals surface area (Å²) in [5.41, 5.74) is 1.95. The number of aliphatic carboxylic acids is 1. The van der Waals surface area contributed by atoms with Gasteiger partial charge in [0.15, 0.2) is 0 Å². The largest absolute Gasteiger partial charge is 0.480 e. The fourth-order valence-corrected chi connectivity index (χ4v) is 2.05. The normalized spacial score (nSPS) is 12.3. The van der Waals surface area contributed by atoms with E-state index in [1.807, 2.05) is 31.2 Å². The van der Waals surface area contributed by atoms with E-state index in [-0.39, 0.29) is 0 Å². The highest BCUT2D eigenvalue weighted by Gasteiger charge is 2.17. The van der Waals surface area contributed by atoms with Crippen LogP contribution >= 0.6 is 11.8 Å². The van der Waals surface area contributed by atoms with Crippen LogP contribution in [0.2, 0.25) is 0 Å². The highest BCUT2D eigenvalue weighted by molar-refractivity contribution is 8.00. The van der Waals surface area contributed by atoms with E-state index in [4.69, 9.17) is 5.11 Å². The Hall–Kier alpha value is -1.89. The summed E-state index contributed by atoms with van der Waals surface area (Å²) in [6, 6.07) is 7.68. The summed E-state index contributed by atoms with van der Waals surface area (Å²) in [7, 11) is 0. The van der Waals surface area contributed by atoms with Crippen molar-refractivity contribution in [2.75, 3.05) is 0 Å². The molecular weight excluding hydrogens is 252 g/mol. The second-order valence-corrected chi connectivity index (χ2v) is 5.12. The van der Waals surface area contributed by atoms with E-state index in [0.29, 0.717) is 5.16 Å². The zero-order valence-electron chi connectivity index (χ0n) is 9.94. The molecule has 2 aromatic rings. The Bertz CT molecular complexity index is 552. The SMILES string of the molecule is Cc1ccc(-n2nnnc2S[C@H](C)C(=O)O)cc1. The maximum atomic E-state index is 10.8. The van der Waals surface area contributed by atoms with Crippen molar-refractivity contribution in [2.45, 2.75) is 24.3 Å². The molecule has 0 aliphatic heterocycles. The number of rotatable bonds is 4. The number of carbonyl (C=O) groups is 1. The van der Waals surface area contributed by atoms with Gasteiger partial charge in [-0.25, -0.2) is 0 Å². The van der Waals surface area contributed by atoms with Crippen molar-refractivity contribution in [1.29, 1.82) is 0 Å². The highest BCUT2D eigenvalue weighted by Crippen LogP contribution is 2.22. The quantitative estimate of drug-likeness (QED) is 0.843. The Morgan fingerprint density at radius 3 is 2.67 bits per heavy atom. The first-order chi connectivity index (χ1) is 8.58. The molecule has 0 saturated heterocycles. The second kappa shape index (κ2) is 5.18. The minimum Gasteiger partial charge on any atom is -0.480 e. The van der Waals surface area contributed by atoms with Gasteiger partial charge in [0.2, 0.25) is 5.16 Å². The van der Waals surface area contributed by atoms with E-state index in [1.54, 1.807) is 6.92 Å². The zero-order chi connectivity index (χ0) is 13.1. The van der Waals surface area contributed by atoms with Gasteiger partial charge < -0.3 is 5.11 Å². The van der Waals surface area contributed by atoms with Gasteiger partial charge in [0.05, 0.1) is 5.69 Å². The van der Waals surface area contributed by atoms with Crippen molar-refractivity contribution in [3.63, 3.8) is 0 Å². The molecule has 6 nitrogen and oxygen atoms in total. The number of aromatic nitrogens is 4. The molecule has 0 amide bonds. The molecule has 0 saturated carbocycles. The summed E-state index contributed by atoms with van der Waals surface area (Å²) < 4.78 is 1.53. The lowest BCUT2D eigenvalue weighted by molar-refractivity contribution is -0.136. The molecule has 0 radical (unpaired) electrons. The molecule has 1 atom stereocenters. The monoisotopic (exact) mass is 264 g/mol. The molecule has 1 aromatic carbocycles. The molecule has 2 rings (SSSR count). The van der Waals surface area contributed by atoms with Crippen LogP contribution < -0.4 is 0 Å². The van der Waals surface area contributed by atoms with Crippen LogP contribution in [0.3, 0.4) is 0 Å². The third-order valence-electron chi connectivity index (χ3n) is 2.35. The molecule has 0 aliphatic rings. The molecule has 1 aromatic heterocycles. The number of benzene rings is 1. The van der Waals surface area contributed by atoms with Crippen LogP contribution in [0.15, 0.2) is 29.4 Å². The molecule has 18 heavy (non-hydrogen) atoms. The fourth-order valence-electron chi connectivity index (χ4n) is 1.31. The molecule has 7 heteroatoms. The molecule has 0 spiro atoms. The molecule has 94 valence electrons. The first-order valence-electron chi connectivity index (χ1n) is 5.33. The van der Waals surface area contributed by atoms with Gasteiger partial charge in [0.1, 0.15) is 5.25 Å². The second-order valence-electron chi connectivity index (χ2n) is 3.81. The Labute approximate surface area is 108 Å². The number of carboxylic acid groups (broad SMARTS) is 1. The van der Waals surface area contributed by atoms with Crippen LogP contribution in [-0.4, -0.2) is 36.5 Å². The summed E-state index contributed by atoms with van der Waals surface area (Å²) in [4.78, 5) is 10.8. The van der Waals surface area contributed by atoms with E-state index >= 15 is 0 Å². The minimum absolute atomic E-state index is 0.466. The van der Waals surface area contributed by atoms with Crippen molar-refractivity contribution < 1.29 is 9.90 Å². The molecule has 0 fully saturated rings. The lowest BCUT2D eigenvalue weighted by Crippen LogP contribution is -2.12. The number of carboxylic acids is 1. The van der Waals surface area contributed by atoms with Gasteiger partial charge in [-0.15, -0.1) is 5.10 Å². The van der Waals surface area contributed by atoms with Crippen LogP contribution in [0.5, 0.6) is 0 Å². The van der Waals surface area contributed by atoms with Gasteiger partial charge in [0.25, 0.3) is 0 Å². The Balaban J connectivity index is 2.27. The third kappa shape index (κ3) is 2.67. The van der Waals surface area contributed by atoms with Crippen LogP contribution in [0.1, 0.15) is 12.5 Å². The summed E-state index contributed by atoms with van der Waals surface area (Å²) in [5.74, 6) is -0.890. The smallest absolute Gasteiger partial charge is 0.316 e. The van der Waals surface area contributed by atoms with E-state index in [1.165, 1.54) is 4.68 Å². The van der Waals surface area contributed by atoms with Crippen molar-refractivity contribution in [3.05, 3.63) is 29.8 Å². The van der Waals surface area contributed by atoms with Gasteiger partial charge in [-0.2, -0.15) is 4.68 Å². The first kappa shape index (κ1) is 12.6. The maximum absolute atomic E-state index is 10.8. The van der Waals surface area contributed by atoms with E-state index in [0.717, 1.165) is 23.0 Å². The Morgan fingerprint density at radius 2 is 2.06 bits per heavy atom. The molecule has 1 heterocycles. The topological polar surface area (TPSA) is 80.9 Å². The first-order valence-corrected chi connectivity index (χ1v) is 6.21. The fraction of sp³-hybridized carbons (Fsp3) is 0.273. The molecular formula is C11H12N4O2S. The summed E-state index contributed by atoms with van der Waals surface area (Å²) >= 11 is 1.11. The average Bonchev–Trinajstić information content (AvgIpc) is 2.78. The van der Waals surface area contributed by atoms with Crippen molar-refractivity contribution in [1.82, 2.24) is 20.2 Å². The van der Waals surface area contributed by atoms with Gasteiger partial charge >= 0.3 is 5.97 Å². The molecule has 0 aliphatic carbocycles. The lowest BCUT2D eigenvalue weighted by Gasteiger charge is -2.06. The van der Waals surface area contributed by atoms with E-state index in [9.17, 15) is 4.79 Å². The highest BCUT2D eigenvalue weighted by atomic mass is 32.2. The van der Waals surface area contributed by atoms with Crippen LogP contribution in [0.25, 0.3) is 5.69 Å². The van der Waals surface area contributed by atoms with E-state index in [2.05, 4.69) is 15.5 Å². The Kier molecular flexibility index (Phi) is 3.61. The van der Waals surface area contributed by atoms with Crippen LogP contribution in [-0.2, 0) is 4.79 Å². The number of tetrazole rings is 1. The summed E-state index contributed by atoms with van der Waals surface area (Å²) in [6.07, 6.45) is 0. The Morgan fingerprint density at radius 1 is 1.39 bits per heavy atom. The number of hydrogen-bond acceptors (Lipinski definition) is 5. The van der Waals surface area contributed by atoms with Crippen LogP contribution in [0.4, 0.5) is 0 Å². The molecule has 0 bridgehead atoms. The maximum Gasteiger partial charge on any atom is 0.316 e. The zero-order valence-corrected chi connectivity index (χ0v) is 10.8. The number of aryl methyl sites for hydroxylation is 1. The lowest BCUT2D eigenvalue weighted by atomic mass is 10.2. The average molecular weight is 264 g/mol. The van der Waals surface area contributed by atoms with Gasteiger partial charge in [-0.3, -0.25) is 4.79 Å². The predicted molar refractivity (Wildman–Crippen MR) is 66.8 cm³/mol. The van der Waals surface area contributed by atoms with Gasteiger partial charge in [0, 0.05) is 0 Å². The number of nitrogens with zero attached hydrogens (tertiary/aromatic N) is 4. The van der Waals surface area contributed by atoms with E-state index < -0.39 is 11.2 Å². The standard InChI is InChI=1S/C11H12N4O2S/c1-7-3-5-9(6-4-7)15-11(12-13-14-15)18-8(2)10(16)17/h3-6,8H,1-2H3,(H,16,17)/t8-/m1/s1. The predicted octanol–water partition coefficient (Wildman–Crippen LogP) is 1.54. The summed E-state index contributed by atoms with van der Waals surface area (Å²) in [5, 5.41) is 20.0. The molecule has 0 unspecified atom stereocenters. The van der Waals surface area contributed by atoms with Gasteiger partial charge in [-0.1, -0.05) is 29.5 Å². The minimum atomic E-state index is -0.890. The van der Waals surface area contributed by atoms with Gasteiger partial charge in [-0.05, 0) is 36.4 Å². The number of hydrogen-bond donors (Lipinski definition) is 1. The van der Waals surface area contributed by atoms with Crippen molar-refractivity contribution in [2.24, 2.45) is 0 Å². The van der Waals surface area contributed by atoms with Crippen LogP contribution in [0, 0.1) is 6.92 Å². The summed E-state index contributed by atoms with van der Waals surface area (Å²) in [6.45, 7) is 3.59. The van der Waals surface area contributed by atoms with Crippen molar-refractivity contribution >= 4 is 17.7 Å². The third-order valence-corrected chi connectivity index (χ3v) is 3.37. The number of thioether (sulfide) groups is 1.